The number of rotatable bonds is 11. The highest BCUT2D eigenvalue weighted by atomic mass is 16.6. The van der Waals surface area contributed by atoms with Gasteiger partial charge in [-0.05, 0) is 51.7 Å². The molecular weight excluding hydrogens is 454 g/mol. The number of unbranched alkanes of at least 4 members (excludes halogenated alkanes) is 3. The zero-order valence-electron chi connectivity index (χ0n) is 22.4. The van der Waals surface area contributed by atoms with E-state index in [-0.39, 0.29) is 24.4 Å². The molecular formula is C29H43N3O4. The first-order valence-corrected chi connectivity index (χ1v) is 13.3. The third kappa shape index (κ3) is 9.56. The van der Waals surface area contributed by atoms with Crippen molar-refractivity contribution in [2.24, 2.45) is 0 Å². The van der Waals surface area contributed by atoms with E-state index >= 15 is 0 Å². The number of carbonyl (C=O) groups is 3. The molecule has 0 spiro atoms. The lowest BCUT2D eigenvalue weighted by Gasteiger charge is -2.34. The minimum Gasteiger partial charge on any atom is -0.444 e. The second kappa shape index (κ2) is 14.5. The SMILES string of the molecule is C#Cc1ccccc1C(C(=O)NC1CCCCC1)N(CCCCCC)C(=O)CNC(=O)OC(C)(C)C. The molecule has 1 aromatic carbocycles. The summed E-state index contributed by atoms with van der Waals surface area (Å²) in [5.41, 5.74) is 0.517. The highest BCUT2D eigenvalue weighted by molar-refractivity contribution is 5.91. The van der Waals surface area contributed by atoms with Crippen LogP contribution in [-0.2, 0) is 14.3 Å². The average molecular weight is 498 g/mol. The van der Waals surface area contributed by atoms with Crippen LogP contribution >= 0.6 is 0 Å². The van der Waals surface area contributed by atoms with Gasteiger partial charge in [-0.1, -0.05) is 69.6 Å². The standard InChI is InChI=1S/C29H43N3O4/c1-6-8-9-15-20-32(25(33)21-30-28(35)36-29(3,4)5)26(24-19-14-13-16-22(24)7-2)27(34)31-23-17-11-10-12-18-23/h2,13-14,16,19,23,26H,6,8-12,15,17-18,20-21H2,1,3-5H3,(H,30,35)(H,31,34). The zero-order chi connectivity index (χ0) is 26.6. The summed E-state index contributed by atoms with van der Waals surface area (Å²) in [4.78, 5) is 41.0. The quantitative estimate of drug-likeness (QED) is 0.329. The predicted molar refractivity (Wildman–Crippen MR) is 142 cm³/mol. The van der Waals surface area contributed by atoms with Crippen LogP contribution in [0.25, 0.3) is 0 Å². The number of alkyl carbamates (subject to hydrolysis) is 1. The Hall–Kier alpha value is -3.01. The summed E-state index contributed by atoms with van der Waals surface area (Å²) in [5.74, 6) is 2.09. The third-order valence-electron chi connectivity index (χ3n) is 6.28. The number of nitrogens with zero attached hydrogens (tertiary/aromatic N) is 1. The molecule has 0 bridgehead atoms. The molecule has 1 fully saturated rings. The molecule has 1 saturated carbocycles. The number of terminal acetylenes is 1. The van der Waals surface area contributed by atoms with Crippen molar-refractivity contribution < 1.29 is 19.1 Å². The van der Waals surface area contributed by atoms with Gasteiger partial charge >= 0.3 is 6.09 Å². The van der Waals surface area contributed by atoms with E-state index in [9.17, 15) is 14.4 Å². The van der Waals surface area contributed by atoms with Gasteiger partial charge in [0.05, 0.1) is 0 Å². The normalized spacial score (nSPS) is 14.9. The molecule has 0 aliphatic heterocycles. The number of hydrogen-bond donors (Lipinski definition) is 2. The maximum absolute atomic E-state index is 13.8. The van der Waals surface area contributed by atoms with Crippen LogP contribution in [0.4, 0.5) is 4.79 Å². The van der Waals surface area contributed by atoms with Gasteiger partial charge in [-0.3, -0.25) is 9.59 Å². The Morgan fingerprint density at radius 1 is 1.11 bits per heavy atom. The van der Waals surface area contributed by atoms with Gasteiger partial charge < -0.3 is 20.3 Å². The second-order valence-corrected chi connectivity index (χ2v) is 10.5. The predicted octanol–water partition coefficient (Wildman–Crippen LogP) is 5.09. The summed E-state index contributed by atoms with van der Waals surface area (Å²) in [5, 5.41) is 5.74. The van der Waals surface area contributed by atoms with Crippen molar-refractivity contribution in [3.63, 3.8) is 0 Å². The highest BCUT2D eigenvalue weighted by Crippen LogP contribution is 2.27. The van der Waals surface area contributed by atoms with Gasteiger partial charge in [0.15, 0.2) is 0 Å². The van der Waals surface area contributed by atoms with Gasteiger partial charge in [-0.2, -0.15) is 0 Å². The molecule has 0 radical (unpaired) electrons. The van der Waals surface area contributed by atoms with Crippen LogP contribution in [0.15, 0.2) is 24.3 Å². The molecule has 0 aromatic heterocycles. The number of carbonyl (C=O) groups excluding carboxylic acids is 3. The van der Waals surface area contributed by atoms with Crippen LogP contribution in [0.1, 0.15) is 103 Å². The molecule has 2 rings (SSSR count). The van der Waals surface area contributed by atoms with Gasteiger partial charge in [0.2, 0.25) is 11.8 Å². The van der Waals surface area contributed by atoms with Gasteiger partial charge in [0, 0.05) is 18.2 Å². The van der Waals surface area contributed by atoms with Crippen molar-refractivity contribution in [1.82, 2.24) is 15.5 Å². The lowest BCUT2D eigenvalue weighted by Crippen LogP contribution is -2.50. The fourth-order valence-electron chi connectivity index (χ4n) is 4.51. The average Bonchev–Trinajstić information content (AvgIpc) is 2.84. The van der Waals surface area contributed by atoms with Gasteiger partial charge in [-0.15, -0.1) is 6.42 Å². The highest BCUT2D eigenvalue weighted by Gasteiger charge is 2.34. The van der Waals surface area contributed by atoms with Crippen molar-refractivity contribution in [3.05, 3.63) is 35.4 Å². The molecule has 1 aliphatic rings. The molecule has 1 aliphatic carbocycles. The second-order valence-electron chi connectivity index (χ2n) is 10.5. The Bertz CT molecular complexity index is 910. The van der Waals surface area contributed by atoms with Crippen LogP contribution in [0, 0.1) is 12.3 Å². The lowest BCUT2D eigenvalue weighted by atomic mass is 9.93. The fraction of sp³-hybridized carbons (Fsp3) is 0.621. The Balaban J connectivity index is 2.34. The van der Waals surface area contributed by atoms with Gasteiger partial charge in [0.25, 0.3) is 0 Å². The summed E-state index contributed by atoms with van der Waals surface area (Å²) in [6, 6.07) is 6.46. The Kier molecular flexibility index (Phi) is 11.8. The van der Waals surface area contributed by atoms with E-state index in [0.29, 0.717) is 17.7 Å². The molecule has 7 nitrogen and oxygen atoms in total. The first kappa shape index (κ1) is 29.2. The lowest BCUT2D eigenvalue weighted by molar-refractivity contribution is -0.140. The number of hydrogen-bond acceptors (Lipinski definition) is 4. The van der Waals surface area contributed by atoms with Crippen LogP contribution in [-0.4, -0.2) is 47.5 Å². The summed E-state index contributed by atoms with van der Waals surface area (Å²) in [6.45, 7) is 7.52. The minimum atomic E-state index is -0.881. The molecule has 36 heavy (non-hydrogen) atoms. The molecule has 2 N–H and O–H groups in total. The Morgan fingerprint density at radius 2 is 1.81 bits per heavy atom. The summed E-state index contributed by atoms with van der Waals surface area (Å²) in [6.07, 6.45) is 14.1. The smallest absolute Gasteiger partial charge is 0.408 e. The topological polar surface area (TPSA) is 87.7 Å². The maximum atomic E-state index is 13.8. The molecule has 0 saturated heterocycles. The van der Waals surface area contributed by atoms with Crippen LogP contribution in [0.2, 0.25) is 0 Å². The largest absolute Gasteiger partial charge is 0.444 e. The fourth-order valence-corrected chi connectivity index (χ4v) is 4.51. The molecule has 198 valence electrons. The number of nitrogens with one attached hydrogen (secondary N) is 2. The monoisotopic (exact) mass is 497 g/mol. The van der Waals surface area contributed by atoms with Crippen LogP contribution in [0.5, 0.6) is 0 Å². The molecule has 0 heterocycles. The Morgan fingerprint density at radius 3 is 2.44 bits per heavy atom. The molecule has 1 unspecified atom stereocenters. The number of amides is 3. The first-order valence-electron chi connectivity index (χ1n) is 13.3. The van der Waals surface area contributed by atoms with Crippen molar-refractivity contribution in [2.75, 3.05) is 13.1 Å². The van der Waals surface area contributed by atoms with E-state index in [0.717, 1.165) is 51.4 Å². The number of ether oxygens (including phenoxy) is 1. The van der Waals surface area contributed by atoms with Gasteiger partial charge in [-0.25, -0.2) is 4.79 Å². The molecule has 1 aromatic rings. The van der Waals surface area contributed by atoms with Crippen molar-refractivity contribution in [1.29, 1.82) is 0 Å². The third-order valence-corrected chi connectivity index (χ3v) is 6.28. The number of benzene rings is 1. The van der Waals surface area contributed by atoms with Crippen molar-refractivity contribution >= 4 is 17.9 Å². The van der Waals surface area contributed by atoms with Crippen LogP contribution in [0.3, 0.4) is 0 Å². The molecule has 7 heteroatoms. The summed E-state index contributed by atoms with van der Waals surface area (Å²) < 4.78 is 5.28. The van der Waals surface area contributed by atoms with Crippen molar-refractivity contribution in [2.45, 2.75) is 103 Å². The molecule has 3 amide bonds. The Labute approximate surface area is 216 Å². The van der Waals surface area contributed by atoms with E-state index in [1.54, 1.807) is 31.7 Å². The van der Waals surface area contributed by atoms with Crippen LogP contribution < -0.4 is 10.6 Å². The van der Waals surface area contributed by atoms with Gasteiger partial charge in [0.1, 0.15) is 18.2 Å². The van der Waals surface area contributed by atoms with E-state index < -0.39 is 17.7 Å². The summed E-state index contributed by atoms with van der Waals surface area (Å²) >= 11 is 0. The molecule has 1 atom stereocenters. The zero-order valence-corrected chi connectivity index (χ0v) is 22.4. The van der Waals surface area contributed by atoms with E-state index in [1.165, 1.54) is 6.42 Å². The van der Waals surface area contributed by atoms with E-state index in [4.69, 9.17) is 11.2 Å². The van der Waals surface area contributed by atoms with E-state index in [2.05, 4.69) is 23.5 Å². The summed E-state index contributed by atoms with van der Waals surface area (Å²) in [7, 11) is 0. The maximum Gasteiger partial charge on any atom is 0.408 e. The minimum absolute atomic E-state index is 0.0867. The van der Waals surface area contributed by atoms with Crippen molar-refractivity contribution in [3.8, 4) is 12.3 Å². The first-order chi connectivity index (χ1) is 17.2. The van der Waals surface area contributed by atoms with E-state index in [1.807, 2.05) is 18.2 Å².